The van der Waals surface area contributed by atoms with Crippen LogP contribution in [0.1, 0.15) is 10.4 Å². The lowest BCUT2D eigenvalue weighted by Crippen LogP contribution is -2.30. The van der Waals surface area contributed by atoms with Crippen molar-refractivity contribution in [2.75, 3.05) is 17.1 Å². The third-order valence-electron chi connectivity index (χ3n) is 3.10. The van der Waals surface area contributed by atoms with E-state index in [0.29, 0.717) is 0 Å². The fraction of sp³-hybridized carbons (Fsp3) is 0.0667. The van der Waals surface area contributed by atoms with Gasteiger partial charge in [0.1, 0.15) is 5.75 Å². The molecule has 26 heavy (non-hydrogen) atoms. The van der Waals surface area contributed by atoms with E-state index < -0.39 is 27.8 Å². The van der Waals surface area contributed by atoms with Gasteiger partial charge in [-0.2, -0.15) is 8.42 Å². The Bertz CT molecular complexity index is 950. The standard InChI is InChI=1S/C15H13F2N3O5S/c1-25-10-3-4-11(14(7-10)20-26(23,24)18-8-21)15(22)19-9-2-5-12(16)13(17)6-9/h2-8,20H,1H3,(H,18,21)(H,19,22). The number of hydrogen-bond donors (Lipinski definition) is 3. The van der Waals surface area contributed by atoms with Crippen LogP contribution in [0.15, 0.2) is 36.4 Å². The SMILES string of the molecule is COc1ccc(C(=O)Nc2ccc(F)c(F)c2)c(NS(=O)(=O)NC=O)c1. The van der Waals surface area contributed by atoms with Crippen molar-refractivity contribution in [1.29, 1.82) is 0 Å². The molecular formula is C15H13F2N3O5S. The molecule has 0 bridgehead atoms. The number of rotatable bonds is 7. The normalized spacial score (nSPS) is 10.7. The fourth-order valence-corrected chi connectivity index (χ4v) is 2.59. The van der Waals surface area contributed by atoms with Gasteiger partial charge in [-0.15, -0.1) is 0 Å². The van der Waals surface area contributed by atoms with E-state index in [-0.39, 0.29) is 29.1 Å². The molecular weight excluding hydrogens is 372 g/mol. The van der Waals surface area contributed by atoms with Crippen molar-refractivity contribution in [2.45, 2.75) is 0 Å². The van der Waals surface area contributed by atoms with Crippen molar-refractivity contribution in [2.24, 2.45) is 0 Å². The van der Waals surface area contributed by atoms with Crippen LogP contribution in [-0.4, -0.2) is 27.8 Å². The highest BCUT2D eigenvalue weighted by atomic mass is 32.2. The molecule has 2 aromatic rings. The Balaban J connectivity index is 2.35. The zero-order valence-corrected chi connectivity index (χ0v) is 14.1. The molecule has 2 aromatic carbocycles. The van der Waals surface area contributed by atoms with Crippen LogP contribution in [0.3, 0.4) is 0 Å². The number of benzene rings is 2. The fourth-order valence-electron chi connectivity index (χ4n) is 1.94. The Hall–Kier alpha value is -3.21. The summed E-state index contributed by atoms with van der Waals surface area (Å²) in [4.78, 5) is 22.7. The van der Waals surface area contributed by atoms with Gasteiger partial charge in [0, 0.05) is 17.8 Å². The lowest BCUT2D eigenvalue weighted by molar-refractivity contribution is -0.108. The number of carbonyl (C=O) groups excluding carboxylic acids is 2. The molecule has 0 heterocycles. The molecule has 0 saturated carbocycles. The molecule has 0 radical (unpaired) electrons. The Morgan fingerprint density at radius 2 is 1.85 bits per heavy atom. The number of anilines is 2. The summed E-state index contributed by atoms with van der Waals surface area (Å²) in [6, 6.07) is 6.60. The Labute approximate surface area is 147 Å². The first-order valence-corrected chi connectivity index (χ1v) is 8.42. The average Bonchev–Trinajstić information content (AvgIpc) is 2.57. The molecule has 0 atom stereocenters. The second-order valence-electron chi connectivity index (χ2n) is 4.84. The van der Waals surface area contributed by atoms with Gasteiger partial charge >= 0.3 is 10.2 Å². The van der Waals surface area contributed by atoms with Crippen molar-refractivity contribution in [1.82, 2.24) is 4.72 Å². The summed E-state index contributed by atoms with van der Waals surface area (Å²) >= 11 is 0. The van der Waals surface area contributed by atoms with Crippen LogP contribution < -0.4 is 19.5 Å². The molecule has 11 heteroatoms. The maximum Gasteiger partial charge on any atom is 0.323 e. The molecule has 2 rings (SSSR count). The number of carbonyl (C=O) groups is 2. The van der Waals surface area contributed by atoms with Gasteiger partial charge in [0.15, 0.2) is 11.6 Å². The summed E-state index contributed by atoms with van der Waals surface area (Å²) in [6.45, 7) is 0. The number of nitrogens with one attached hydrogen (secondary N) is 3. The Morgan fingerprint density at radius 3 is 2.46 bits per heavy atom. The predicted molar refractivity (Wildman–Crippen MR) is 89.0 cm³/mol. The van der Waals surface area contributed by atoms with E-state index in [1.165, 1.54) is 25.3 Å². The highest BCUT2D eigenvalue weighted by molar-refractivity contribution is 7.91. The highest BCUT2D eigenvalue weighted by Gasteiger charge is 2.18. The average molecular weight is 385 g/mol. The van der Waals surface area contributed by atoms with Gasteiger partial charge in [0.05, 0.1) is 18.4 Å². The minimum Gasteiger partial charge on any atom is -0.497 e. The van der Waals surface area contributed by atoms with E-state index in [9.17, 15) is 26.8 Å². The smallest absolute Gasteiger partial charge is 0.323 e. The third-order valence-corrected chi connectivity index (χ3v) is 3.99. The van der Waals surface area contributed by atoms with Crippen LogP contribution in [0, 0.1) is 11.6 Å². The molecule has 2 amide bonds. The summed E-state index contributed by atoms with van der Waals surface area (Å²) in [7, 11) is -2.93. The molecule has 0 spiro atoms. The minimum atomic E-state index is -4.26. The van der Waals surface area contributed by atoms with Gasteiger partial charge < -0.3 is 10.1 Å². The van der Waals surface area contributed by atoms with Crippen LogP contribution in [0.25, 0.3) is 0 Å². The Kier molecular flexibility index (Phi) is 5.72. The van der Waals surface area contributed by atoms with E-state index in [2.05, 4.69) is 5.32 Å². The first kappa shape index (κ1) is 19.1. The summed E-state index contributed by atoms with van der Waals surface area (Å²) in [5.74, 6) is -2.81. The molecule has 0 aliphatic heterocycles. The quantitative estimate of drug-likeness (QED) is 0.627. The summed E-state index contributed by atoms with van der Waals surface area (Å²) in [6.07, 6.45) is -0.0520. The number of amides is 2. The van der Waals surface area contributed by atoms with Crippen molar-refractivity contribution in [3.05, 3.63) is 53.6 Å². The molecule has 138 valence electrons. The first-order chi connectivity index (χ1) is 12.3. The second kappa shape index (κ2) is 7.78. The predicted octanol–water partition coefficient (Wildman–Crippen LogP) is 1.63. The number of ether oxygens (including phenoxy) is 1. The summed E-state index contributed by atoms with van der Waals surface area (Å²) in [5.41, 5.74) is -0.380. The summed E-state index contributed by atoms with van der Waals surface area (Å²) < 4.78 is 58.1. The number of hydrogen-bond acceptors (Lipinski definition) is 5. The van der Waals surface area contributed by atoms with Crippen molar-refractivity contribution in [3.63, 3.8) is 0 Å². The number of halogens is 2. The van der Waals surface area contributed by atoms with E-state index in [4.69, 9.17) is 4.74 Å². The highest BCUT2D eigenvalue weighted by Crippen LogP contribution is 2.24. The molecule has 3 N–H and O–H groups in total. The molecule has 0 fully saturated rings. The topological polar surface area (TPSA) is 114 Å². The van der Waals surface area contributed by atoms with Crippen LogP contribution >= 0.6 is 0 Å². The van der Waals surface area contributed by atoms with E-state index in [0.717, 1.165) is 18.2 Å². The molecule has 0 saturated heterocycles. The molecule has 8 nitrogen and oxygen atoms in total. The number of methoxy groups -OCH3 is 1. The second-order valence-corrected chi connectivity index (χ2v) is 6.28. The van der Waals surface area contributed by atoms with Crippen LogP contribution in [0.2, 0.25) is 0 Å². The Morgan fingerprint density at radius 1 is 1.12 bits per heavy atom. The van der Waals surface area contributed by atoms with Crippen molar-refractivity contribution >= 4 is 33.9 Å². The van der Waals surface area contributed by atoms with Crippen LogP contribution in [0.5, 0.6) is 5.75 Å². The van der Waals surface area contributed by atoms with Crippen molar-refractivity contribution < 1.29 is 31.5 Å². The van der Waals surface area contributed by atoms with E-state index in [1.807, 2.05) is 4.72 Å². The lowest BCUT2D eigenvalue weighted by Gasteiger charge is -2.13. The van der Waals surface area contributed by atoms with Crippen molar-refractivity contribution in [3.8, 4) is 5.75 Å². The minimum absolute atomic E-state index is 0.0375. The van der Waals surface area contributed by atoms with Gasteiger partial charge in [0.25, 0.3) is 5.91 Å². The summed E-state index contributed by atoms with van der Waals surface area (Å²) in [5, 5.41) is 2.31. The molecule has 0 aromatic heterocycles. The molecule has 0 aliphatic rings. The van der Waals surface area contributed by atoms with Crippen LogP contribution in [0.4, 0.5) is 20.2 Å². The van der Waals surface area contributed by atoms with Gasteiger partial charge in [0.2, 0.25) is 6.41 Å². The molecule has 0 aliphatic carbocycles. The zero-order chi connectivity index (χ0) is 19.3. The van der Waals surface area contributed by atoms with Crippen LogP contribution in [-0.2, 0) is 15.0 Å². The maximum absolute atomic E-state index is 13.2. The van der Waals surface area contributed by atoms with Gasteiger partial charge in [-0.3, -0.25) is 14.3 Å². The maximum atomic E-state index is 13.2. The molecule has 0 unspecified atom stereocenters. The van der Waals surface area contributed by atoms with Gasteiger partial charge in [-0.1, -0.05) is 0 Å². The first-order valence-electron chi connectivity index (χ1n) is 6.94. The largest absolute Gasteiger partial charge is 0.497 e. The monoisotopic (exact) mass is 385 g/mol. The van der Waals surface area contributed by atoms with E-state index in [1.54, 1.807) is 4.72 Å². The van der Waals surface area contributed by atoms with Gasteiger partial charge in [-0.05, 0) is 24.3 Å². The zero-order valence-electron chi connectivity index (χ0n) is 13.2. The lowest BCUT2D eigenvalue weighted by atomic mass is 10.1. The van der Waals surface area contributed by atoms with E-state index >= 15 is 0 Å². The third kappa shape index (κ3) is 4.66. The van der Waals surface area contributed by atoms with Gasteiger partial charge in [-0.25, -0.2) is 13.5 Å².